The fourth-order valence-electron chi connectivity index (χ4n) is 1.63. The molecule has 1 aromatic rings. The molecule has 4 nitrogen and oxygen atoms in total. The van der Waals surface area contributed by atoms with Crippen LogP contribution in [0.2, 0.25) is 5.02 Å². The van der Waals surface area contributed by atoms with Gasteiger partial charge in [-0.25, -0.2) is 0 Å². The highest BCUT2D eigenvalue weighted by molar-refractivity contribution is 8.26. The molecule has 0 saturated carbocycles. The Labute approximate surface area is 130 Å². The molecule has 0 spiro atoms. The van der Waals surface area contributed by atoms with Crippen molar-refractivity contribution in [1.29, 1.82) is 0 Å². The highest BCUT2D eigenvalue weighted by Gasteiger charge is 2.31. The van der Waals surface area contributed by atoms with Crippen LogP contribution < -0.4 is 5.11 Å². The smallest absolute Gasteiger partial charge is 0.266 e. The summed E-state index contributed by atoms with van der Waals surface area (Å²) >= 11 is 12.2. The van der Waals surface area contributed by atoms with Gasteiger partial charge in [0.05, 0.1) is 4.91 Å². The Balaban J connectivity index is 2.19. The second-order valence-electron chi connectivity index (χ2n) is 3.98. The molecule has 0 bridgehead atoms. The summed E-state index contributed by atoms with van der Waals surface area (Å²) in [6.07, 6.45) is 1.41. The van der Waals surface area contributed by atoms with Crippen LogP contribution in [0.15, 0.2) is 29.2 Å². The van der Waals surface area contributed by atoms with E-state index in [1.54, 1.807) is 24.3 Å². The average molecular weight is 327 g/mol. The molecule has 0 unspecified atom stereocenters. The molecule has 0 radical (unpaired) electrons. The fourth-order valence-corrected chi connectivity index (χ4v) is 3.12. The summed E-state index contributed by atoms with van der Waals surface area (Å²) in [7, 11) is 0. The quantitative estimate of drug-likeness (QED) is 0.622. The van der Waals surface area contributed by atoms with Crippen molar-refractivity contribution in [3.8, 4) is 0 Å². The summed E-state index contributed by atoms with van der Waals surface area (Å²) in [6, 6.07) is 7.12. The first-order valence-corrected chi connectivity index (χ1v) is 7.29. The number of nitrogens with zero attached hydrogens (tertiary/aromatic N) is 1. The van der Waals surface area contributed by atoms with Crippen LogP contribution in [0.5, 0.6) is 0 Å². The molecule has 0 N–H and O–H groups in total. The second kappa shape index (κ2) is 6.39. The number of carboxylic acid groups (broad SMARTS) is 1. The van der Waals surface area contributed by atoms with E-state index in [1.165, 1.54) is 4.90 Å². The van der Waals surface area contributed by atoms with E-state index < -0.39 is 5.97 Å². The first kappa shape index (κ1) is 15.0. The molecule has 1 fully saturated rings. The second-order valence-corrected chi connectivity index (χ2v) is 6.06. The summed E-state index contributed by atoms with van der Waals surface area (Å²) in [5.74, 6) is -1.52. The fraction of sp³-hybridized carbons (Fsp3) is 0.154. The van der Waals surface area contributed by atoms with Gasteiger partial charge in [-0.05, 0) is 17.7 Å². The Morgan fingerprint density at radius 3 is 2.80 bits per heavy atom. The van der Waals surface area contributed by atoms with Crippen LogP contribution in [0.4, 0.5) is 0 Å². The molecule has 1 heterocycles. The summed E-state index contributed by atoms with van der Waals surface area (Å²) in [5, 5.41) is 11.0. The first-order valence-electron chi connectivity index (χ1n) is 5.69. The molecule has 20 heavy (non-hydrogen) atoms. The van der Waals surface area contributed by atoms with Gasteiger partial charge in [-0.2, -0.15) is 0 Å². The molecule has 0 aliphatic carbocycles. The molecule has 1 aromatic carbocycles. The lowest BCUT2D eigenvalue weighted by Gasteiger charge is -2.14. The number of carbonyl (C=O) groups is 2. The van der Waals surface area contributed by atoms with Gasteiger partial charge < -0.3 is 9.90 Å². The van der Waals surface area contributed by atoms with Gasteiger partial charge in [0.15, 0.2) is 0 Å². The van der Waals surface area contributed by atoms with E-state index in [4.69, 9.17) is 23.8 Å². The van der Waals surface area contributed by atoms with Gasteiger partial charge in [-0.3, -0.25) is 9.69 Å². The third kappa shape index (κ3) is 3.39. The number of thioether (sulfide) groups is 1. The van der Waals surface area contributed by atoms with E-state index in [-0.39, 0.29) is 18.9 Å². The van der Waals surface area contributed by atoms with Crippen molar-refractivity contribution in [1.82, 2.24) is 4.90 Å². The van der Waals surface area contributed by atoms with Gasteiger partial charge in [0, 0.05) is 24.0 Å². The number of carboxylic acids is 1. The highest BCUT2D eigenvalue weighted by Crippen LogP contribution is 2.33. The van der Waals surface area contributed by atoms with Gasteiger partial charge in [0.1, 0.15) is 4.32 Å². The Morgan fingerprint density at radius 1 is 1.45 bits per heavy atom. The van der Waals surface area contributed by atoms with Crippen LogP contribution >= 0.6 is 35.6 Å². The molecule has 0 atom stereocenters. The zero-order valence-electron chi connectivity index (χ0n) is 10.2. The van der Waals surface area contributed by atoms with Gasteiger partial charge in [0.25, 0.3) is 5.91 Å². The Bertz CT molecular complexity index is 615. The SMILES string of the molecule is O=C([O-])CCN1C(=O)/C(=C\c2ccccc2Cl)SC1=S. The summed E-state index contributed by atoms with van der Waals surface area (Å²) in [6.45, 7) is 0.0207. The molecule has 1 aliphatic heterocycles. The lowest BCUT2D eigenvalue weighted by Crippen LogP contribution is -2.33. The minimum atomic E-state index is -1.21. The van der Waals surface area contributed by atoms with E-state index >= 15 is 0 Å². The molecular weight excluding hydrogens is 318 g/mol. The van der Waals surface area contributed by atoms with E-state index in [9.17, 15) is 14.7 Å². The number of hydrogen-bond acceptors (Lipinski definition) is 5. The molecule has 2 rings (SSSR count). The van der Waals surface area contributed by atoms with E-state index in [0.29, 0.717) is 14.2 Å². The largest absolute Gasteiger partial charge is 0.550 e. The Hall–Kier alpha value is -1.37. The third-order valence-electron chi connectivity index (χ3n) is 2.60. The number of amides is 1. The number of hydrogen-bond donors (Lipinski definition) is 0. The van der Waals surface area contributed by atoms with E-state index in [2.05, 4.69) is 0 Å². The Kier molecular flexibility index (Phi) is 4.80. The maximum atomic E-state index is 12.1. The van der Waals surface area contributed by atoms with Crippen molar-refractivity contribution in [3.63, 3.8) is 0 Å². The van der Waals surface area contributed by atoms with Crippen molar-refractivity contribution < 1.29 is 14.7 Å². The topological polar surface area (TPSA) is 60.4 Å². The first-order chi connectivity index (χ1) is 9.49. The van der Waals surface area contributed by atoms with Crippen molar-refractivity contribution >= 4 is 57.9 Å². The number of rotatable bonds is 4. The molecule has 1 amide bonds. The molecule has 1 aliphatic rings. The standard InChI is InChI=1S/C13H10ClNO3S2/c14-9-4-2-1-3-8(9)7-10-12(18)15(13(19)20-10)6-5-11(16)17/h1-4,7H,5-6H2,(H,16,17)/p-1/b10-7+. The van der Waals surface area contributed by atoms with E-state index in [1.807, 2.05) is 6.07 Å². The maximum Gasteiger partial charge on any atom is 0.266 e. The van der Waals surface area contributed by atoms with Crippen LogP contribution in [0.1, 0.15) is 12.0 Å². The third-order valence-corrected chi connectivity index (χ3v) is 4.33. The molecule has 1 saturated heterocycles. The number of aliphatic carboxylic acids is 1. The predicted octanol–water partition coefficient (Wildman–Crippen LogP) is 1.68. The Morgan fingerprint density at radius 2 is 2.15 bits per heavy atom. The monoisotopic (exact) mass is 326 g/mol. The van der Waals surface area contributed by atoms with Gasteiger partial charge in [-0.1, -0.05) is 53.8 Å². The summed E-state index contributed by atoms with van der Waals surface area (Å²) in [5.41, 5.74) is 0.717. The lowest BCUT2D eigenvalue weighted by molar-refractivity contribution is -0.305. The normalized spacial score (nSPS) is 17.1. The number of benzene rings is 1. The zero-order valence-corrected chi connectivity index (χ0v) is 12.6. The van der Waals surface area contributed by atoms with Crippen molar-refractivity contribution in [3.05, 3.63) is 39.8 Å². The zero-order chi connectivity index (χ0) is 14.7. The van der Waals surface area contributed by atoms with Crippen LogP contribution in [0.3, 0.4) is 0 Å². The number of carbonyl (C=O) groups excluding carboxylic acids is 2. The molecule has 7 heteroatoms. The summed E-state index contributed by atoms with van der Waals surface area (Å²) < 4.78 is 0.342. The molecule has 104 valence electrons. The van der Waals surface area contributed by atoms with Crippen molar-refractivity contribution in [2.45, 2.75) is 6.42 Å². The number of thiocarbonyl (C=S) groups is 1. The average Bonchev–Trinajstić information content (AvgIpc) is 2.65. The van der Waals surface area contributed by atoms with Crippen LogP contribution in [-0.2, 0) is 9.59 Å². The molecular formula is C13H9ClNO3S2-. The van der Waals surface area contributed by atoms with Crippen molar-refractivity contribution in [2.75, 3.05) is 6.54 Å². The van der Waals surface area contributed by atoms with Crippen molar-refractivity contribution in [2.24, 2.45) is 0 Å². The maximum absolute atomic E-state index is 12.1. The lowest BCUT2D eigenvalue weighted by atomic mass is 10.2. The van der Waals surface area contributed by atoms with Crippen LogP contribution in [-0.4, -0.2) is 27.6 Å². The van der Waals surface area contributed by atoms with Crippen LogP contribution in [0, 0.1) is 0 Å². The molecule has 0 aromatic heterocycles. The van der Waals surface area contributed by atoms with Gasteiger partial charge in [-0.15, -0.1) is 0 Å². The van der Waals surface area contributed by atoms with Crippen LogP contribution in [0.25, 0.3) is 6.08 Å². The van der Waals surface area contributed by atoms with Gasteiger partial charge >= 0.3 is 0 Å². The minimum absolute atomic E-state index is 0.0207. The minimum Gasteiger partial charge on any atom is -0.550 e. The van der Waals surface area contributed by atoms with E-state index in [0.717, 1.165) is 17.3 Å². The number of halogens is 1. The van der Waals surface area contributed by atoms with Gasteiger partial charge in [0.2, 0.25) is 0 Å². The highest BCUT2D eigenvalue weighted by atomic mass is 35.5. The summed E-state index contributed by atoms with van der Waals surface area (Å²) in [4.78, 5) is 24.3. The predicted molar refractivity (Wildman–Crippen MR) is 81.0 cm³/mol.